The monoisotopic (exact) mass is 506 g/mol. The van der Waals surface area contributed by atoms with E-state index in [1.807, 2.05) is 18.2 Å². The first kappa shape index (κ1) is 24.2. The highest BCUT2D eigenvalue weighted by Crippen LogP contribution is 2.37. The average molecular weight is 507 g/mol. The van der Waals surface area contributed by atoms with Gasteiger partial charge in [0.25, 0.3) is 0 Å². The first-order valence-corrected chi connectivity index (χ1v) is 13.6. The van der Waals surface area contributed by atoms with Crippen molar-refractivity contribution in [1.29, 1.82) is 0 Å². The standard InChI is InChI=1S/C31H34N6O/c1-2-36-31(22-12-5-3-6-13-22)37(24-14-7-4-8-15-24)29(35-36)28(34-30(38)27-18-11-19-32-27)20-23-21-33-26-17-10-9-16-25(23)26/h3-10,12-17,21,27-28,31-33H,2,11,18-20H2,1H3,(H,34,38)/t27-,28+,31?/m0/s1. The fourth-order valence-corrected chi connectivity index (χ4v) is 5.69. The number of carbonyl (C=O) groups is 1. The summed E-state index contributed by atoms with van der Waals surface area (Å²) in [4.78, 5) is 19.2. The number of H-pyrrole nitrogens is 1. The van der Waals surface area contributed by atoms with E-state index in [4.69, 9.17) is 5.10 Å². The second-order valence-corrected chi connectivity index (χ2v) is 9.98. The minimum atomic E-state index is -0.313. The summed E-state index contributed by atoms with van der Waals surface area (Å²) in [6.07, 6.45) is 4.46. The van der Waals surface area contributed by atoms with E-state index < -0.39 is 0 Å². The summed E-state index contributed by atoms with van der Waals surface area (Å²) in [7, 11) is 0. The lowest BCUT2D eigenvalue weighted by atomic mass is 10.0. The minimum Gasteiger partial charge on any atom is -0.361 e. The number of benzene rings is 3. The highest BCUT2D eigenvalue weighted by atomic mass is 16.2. The number of amides is 1. The summed E-state index contributed by atoms with van der Waals surface area (Å²) in [6, 6.07) is 28.7. The maximum atomic E-state index is 13.5. The van der Waals surface area contributed by atoms with Gasteiger partial charge in [-0.2, -0.15) is 5.10 Å². The van der Waals surface area contributed by atoms with Gasteiger partial charge in [0.1, 0.15) is 6.17 Å². The van der Waals surface area contributed by atoms with Crippen LogP contribution < -0.4 is 15.5 Å². The molecule has 7 nitrogen and oxygen atoms in total. The third-order valence-electron chi connectivity index (χ3n) is 7.56. The third kappa shape index (κ3) is 4.65. The summed E-state index contributed by atoms with van der Waals surface area (Å²) in [5.41, 5.74) is 4.46. The maximum Gasteiger partial charge on any atom is 0.237 e. The number of nitrogens with zero attached hydrogens (tertiary/aromatic N) is 3. The summed E-state index contributed by atoms with van der Waals surface area (Å²) in [5.74, 6) is 0.887. The highest BCUT2D eigenvalue weighted by Gasteiger charge is 2.40. The van der Waals surface area contributed by atoms with Crippen LogP contribution in [0.3, 0.4) is 0 Å². The van der Waals surface area contributed by atoms with Gasteiger partial charge >= 0.3 is 0 Å². The molecule has 38 heavy (non-hydrogen) atoms. The Balaban J connectivity index is 1.43. The number of hydrogen-bond donors (Lipinski definition) is 3. The Hall–Kier alpha value is -4.10. The van der Waals surface area contributed by atoms with E-state index >= 15 is 0 Å². The van der Waals surface area contributed by atoms with Crippen molar-refractivity contribution < 1.29 is 4.79 Å². The molecular formula is C31H34N6O. The molecule has 3 atom stereocenters. The molecule has 3 heterocycles. The molecule has 194 valence electrons. The predicted octanol–water partition coefficient (Wildman–Crippen LogP) is 4.80. The van der Waals surface area contributed by atoms with Crippen molar-refractivity contribution in [2.45, 2.75) is 44.4 Å². The molecule has 0 bridgehead atoms. The smallest absolute Gasteiger partial charge is 0.237 e. The second-order valence-electron chi connectivity index (χ2n) is 9.98. The first-order valence-electron chi connectivity index (χ1n) is 13.6. The topological polar surface area (TPSA) is 75.8 Å². The SMILES string of the molecule is CCN1N=C([C@@H](Cc2c[nH]c3ccccc23)NC(=O)[C@@H]2CCCN2)N(c2ccccc2)C1c1ccccc1. The quantitative estimate of drug-likeness (QED) is 0.321. The van der Waals surface area contributed by atoms with Crippen LogP contribution in [0.4, 0.5) is 5.69 Å². The van der Waals surface area contributed by atoms with Crippen molar-refractivity contribution in [3.8, 4) is 0 Å². The number of aromatic amines is 1. The Labute approximate surface area is 223 Å². The van der Waals surface area contributed by atoms with Gasteiger partial charge in [-0.1, -0.05) is 66.7 Å². The largest absolute Gasteiger partial charge is 0.361 e. The third-order valence-corrected chi connectivity index (χ3v) is 7.56. The molecule has 1 fully saturated rings. The summed E-state index contributed by atoms with van der Waals surface area (Å²) < 4.78 is 0. The highest BCUT2D eigenvalue weighted by molar-refractivity contribution is 6.05. The van der Waals surface area contributed by atoms with E-state index in [2.05, 4.69) is 105 Å². The van der Waals surface area contributed by atoms with Gasteiger partial charge in [0.15, 0.2) is 5.84 Å². The number of rotatable bonds is 8. The number of hydrogen-bond acceptors (Lipinski definition) is 5. The molecule has 3 aromatic carbocycles. The van der Waals surface area contributed by atoms with Gasteiger partial charge in [-0.05, 0) is 55.6 Å². The lowest BCUT2D eigenvalue weighted by molar-refractivity contribution is -0.123. The van der Waals surface area contributed by atoms with Crippen LogP contribution in [0.5, 0.6) is 0 Å². The summed E-state index contributed by atoms with van der Waals surface area (Å²) >= 11 is 0. The van der Waals surface area contributed by atoms with E-state index in [9.17, 15) is 4.79 Å². The van der Waals surface area contributed by atoms with Gasteiger partial charge in [0, 0.05) is 35.8 Å². The van der Waals surface area contributed by atoms with Crippen LogP contribution in [-0.2, 0) is 11.2 Å². The van der Waals surface area contributed by atoms with Gasteiger partial charge in [0.05, 0.1) is 12.1 Å². The van der Waals surface area contributed by atoms with E-state index in [0.717, 1.165) is 54.1 Å². The van der Waals surface area contributed by atoms with Crippen molar-refractivity contribution in [1.82, 2.24) is 20.6 Å². The number of anilines is 1. The number of aromatic nitrogens is 1. The van der Waals surface area contributed by atoms with Gasteiger partial charge in [-0.15, -0.1) is 0 Å². The zero-order valence-corrected chi connectivity index (χ0v) is 21.7. The van der Waals surface area contributed by atoms with Crippen LogP contribution in [0.25, 0.3) is 10.9 Å². The zero-order chi connectivity index (χ0) is 25.9. The van der Waals surface area contributed by atoms with Gasteiger partial charge in [-0.25, -0.2) is 0 Å². The molecule has 1 saturated heterocycles. The lowest BCUT2D eigenvalue weighted by Gasteiger charge is -2.34. The Morgan fingerprint density at radius 1 is 1.03 bits per heavy atom. The molecule has 2 aliphatic rings. The summed E-state index contributed by atoms with van der Waals surface area (Å²) in [5, 5.41) is 15.2. The molecule has 3 N–H and O–H groups in total. The molecule has 0 saturated carbocycles. The van der Waals surface area contributed by atoms with Crippen LogP contribution in [0, 0.1) is 0 Å². The molecule has 7 heteroatoms. The van der Waals surface area contributed by atoms with E-state index in [1.165, 1.54) is 5.39 Å². The Kier molecular flexibility index (Phi) is 6.84. The molecule has 1 unspecified atom stereocenters. The van der Waals surface area contributed by atoms with Crippen LogP contribution in [-0.4, -0.2) is 46.9 Å². The van der Waals surface area contributed by atoms with Crippen LogP contribution in [0.2, 0.25) is 0 Å². The van der Waals surface area contributed by atoms with Gasteiger partial charge in [0.2, 0.25) is 5.91 Å². The number of nitrogens with one attached hydrogen (secondary N) is 3. The molecule has 0 radical (unpaired) electrons. The van der Waals surface area contributed by atoms with E-state index in [0.29, 0.717) is 6.42 Å². The zero-order valence-electron chi connectivity index (χ0n) is 21.7. The van der Waals surface area contributed by atoms with Crippen molar-refractivity contribution in [2.75, 3.05) is 18.0 Å². The Morgan fingerprint density at radius 3 is 2.50 bits per heavy atom. The summed E-state index contributed by atoms with van der Waals surface area (Å²) in [6.45, 7) is 3.74. The Bertz CT molecular complexity index is 1410. The molecule has 1 aromatic heterocycles. The lowest BCUT2D eigenvalue weighted by Crippen LogP contribution is -2.53. The molecule has 6 rings (SSSR count). The van der Waals surface area contributed by atoms with E-state index in [-0.39, 0.29) is 24.2 Å². The normalized spacial score (nSPS) is 20.1. The van der Waals surface area contributed by atoms with Crippen LogP contribution in [0.15, 0.2) is 96.2 Å². The number of hydrazone groups is 1. The second kappa shape index (κ2) is 10.7. The van der Waals surface area contributed by atoms with Crippen molar-refractivity contribution in [3.63, 3.8) is 0 Å². The molecular weight excluding hydrogens is 472 g/mol. The fraction of sp³-hybridized carbons (Fsp3) is 0.290. The number of fused-ring (bicyclic) bond motifs is 1. The van der Waals surface area contributed by atoms with Crippen molar-refractivity contribution in [3.05, 3.63) is 102 Å². The van der Waals surface area contributed by atoms with Crippen LogP contribution in [0.1, 0.15) is 37.1 Å². The number of para-hydroxylation sites is 2. The fourth-order valence-electron chi connectivity index (χ4n) is 5.69. The minimum absolute atomic E-state index is 0.0364. The average Bonchev–Trinajstić information content (AvgIpc) is 3.73. The van der Waals surface area contributed by atoms with Crippen molar-refractivity contribution >= 4 is 28.3 Å². The van der Waals surface area contributed by atoms with Crippen LogP contribution >= 0.6 is 0 Å². The molecule has 4 aromatic rings. The molecule has 0 aliphatic carbocycles. The number of carbonyl (C=O) groups excluding carboxylic acids is 1. The van der Waals surface area contributed by atoms with Crippen molar-refractivity contribution in [2.24, 2.45) is 5.10 Å². The number of amidine groups is 1. The van der Waals surface area contributed by atoms with E-state index in [1.54, 1.807) is 0 Å². The Morgan fingerprint density at radius 2 is 1.76 bits per heavy atom. The van der Waals surface area contributed by atoms with Gasteiger partial charge < -0.3 is 20.5 Å². The molecule has 2 aliphatic heterocycles. The van der Waals surface area contributed by atoms with Gasteiger partial charge in [-0.3, -0.25) is 9.80 Å². The predicted molar refractivity (Wildman–Crippen MR) is 153 cm³/mol. The molecule has 1 amide bonds. The maximum absolute atomic E-state index is 13.5. The molecule has 0 spiro atoms. The first-order chi connectivity index (χ1) is 18.7.